The lowest BCUT2D eigenvalue weighted by molar-refractivity contribution is 0.0785. The Morgan fingerprint density at radius 2 is 2.00 bits per heavy atom. The predicted octanol–water partition coefficient (Wildman–Crippen LogP) is 2.56. The van der Waals surface area contributed by atoms with Gasteiger partial charge in [0.2, 0.25) is 10.0 Å². The summed E-state index contributed by atoms with van der Waals surface area (Å²) in [4.78, 5) is 14.2. The molecule has 2 aromatic rings. The predicted molar refractivity (Wildman–Crippen MR) is 109 cm³/mol. The first-order chi connectivity index (χ1) is 14.3. The molecule has 2 aromatic carbocycles. The Labute approximate surface area is 175 Å². The summed E-state index contributed by atoms with van der Waals surface area (Å²) < 4.78 is 51.5. The van der Waals surface area contributed by atoms with Crippen LogP contribution in [0.1, 0.15) is 28.8 Å². The van der Waals surface area contributed by atoms with Crippen LogP contribution in [0.2, 0.25) is 0 Å². The van der Waals surface area contributed by atoms with Gasteiger partial charge in [-0.05, 0) is 54.8 Å². The molecule has 162 valence electrons. The minimum absolute atomic E-state index is 0.0805. The fourth-order valence-electron chi connectivity index (χ4n) is 3.24. The van der Waals surface area contributed by atoms with Crippen LogP contribution in [-0.2, 0) is 21.3 Å². The molecular weight excluding hydrogens is 411 g/mol. The first kappa shape index (κ1) is 22.2. The van der Waals surface area contributed by atoms with Gasteiger partial charge in [0.05, 0.1) is 18.1 Å². The average Bonchev–Trinajstić information content (AvgIpc) is 3.26. The van der Waals surface area contributed by atoms with Crippen molar-refractivity contribution in [1.29, 1.82) is 0 Å². The molecule has 0 aromatic heterocycles. The Kier molecular flexibility index (Phi) is 7.06. The van der Waals surface area contributed by atoms with Crippen LogP contribution < -0.4 is 9.46 Å². The van der Waals surface area contributed by atoms with Crippen LogP contribution in [0.4, 0.5) is 4.39 Å². The number of benzene rings is 2. The van der Waals surface area contributed by atoms with Gasteiger partial charge in [0.1, 0.15) is 0 Å². The number of nitrogens with one attached hydrogen (secondary N) is 1. The summed E-state index contributed by atoms with van der Waals surface area (Å²) in [5.41, 5.74) is 0.950. The van der Waals surface area contributed by atoms with Crippen LogP contribution in [0, 0.1) is 5.82 Å². The zero-order valence-electron chi connectivity index (χ0n) is 16.9. The molecule has 0 bridgehead atoms. The minimum atomic E-state index is -3.68. The summed E-state index contributed by atoms with van der Waals surface area (Å²) in [5.74, 6) is -0.666. The number of nitrogens with zero attached hydrogens (tertiary/aromatic N) is 1. The van der Waals surface area contributed by atoms with E-state index in [9.17, 15) is 17.6 Å². The molecule has 1 heterocycles. The Morgan fingerprint density at radius 1 is 1.27 bits per heavy atom. The number of carbonyl (C=O) groups excluding carboxylic acids is 1. The van der Waals surface area contributed by atoms with E-state index >= 15 is 0 Å². The molecule has 1 aliphatic rings. The second kappa shape index (κ2) is 9.55. The summed E-state index contributed by atoms with van der Waals surface area (Å²) in [5, 5.41) is 0. The van der Waals surface area contributed by atoms with Gasteiger partial charge in [0.15, 0.2) is 11.6 Å². The maximum Gasteiger partial charge on any atom is 0.253 e. The van der Waals surface area contributed by atoms with Crippen LogP contribution in [0.5, 0.6) is 5.75 Å². The smallest absolute Gasteiger partial charge is 0.253 e. The summed E-state index contributed by atoms with van der Waals surface area (Å²) in [6.45, 7) is 1.08. The van der Waals surface area contributed by atoms with E-state index in [4.69, 9.17) is 9.47 Å². The Morgan fingerprint density at radius 3 is 2.60 bits per heavy atom. The first-order valence-corrected chi connectivity index (χ1v) is 11.1. The summed E-state index contributed by atoms with van der Waals surface area (Å²) in [6, 6.07) is 10.2. The largest absolute Gasteiger partial charge is 0.494 e. The monoisotopic (exact) mass is 436 g/mol. The number of sulfonamides is 1. The highest BCUT2D eigenvalue weighted by molar-refractivity contribution is 7.89. The summed E-state index contributed by atoms with van der Waals surface area (Å²) in [7, 11) is -0.699. The van der Waals surface area contributed by atoms with Gasteiger partial charge in [0.25, 0.3) is 5.91 Å². The molecule has 1 saturated heterocycles. The molecule has 0 aliphatic carbocycles. The lowest BCUT2D eigenvalue weighted by Gasteiger charge is -2.18. The van der Waals surface area contributed by atoms with Crippen molar-refractivity contribution < 1.29 is 27.1 Å². The highest BCUT2D eigenvalue weighted by Crippen LogP contribution is 2.19. The first-order valence-electron chi connectivity index (χ1n) is 9.59. The molecule has 1 atom stereocenters. The molecule has 0 saturated carbocycles. The van der Waals surface area contributed by atoms with Crippen LogP contribution in [0.15, 0.2) is 47.4 Å². The van der Waals surface area contributed by atoms with Crippen molar-refractivity contribution in [3.8, 4) is 5.75 Å². The maximum atomic E-state index is 13.8. The SMILES string of the molecule is COc1ccc(CN(C)C(=O)c2ccc(S(=O)(=O)NCC3CCCO3)cc2)cc1F. The van der Waals surface area contributed by atoms with Gasteiger partial charge >= 0.3 is 0 Å². The van der Waals surface area contributed by atoms with Gasteiger partial charge in [-0.15, -0.1) is 0 Å². The molecule has 0 spiro atoms. The van der Waals surface area contributed by atoms with Crippen molar-refractivity contribution in [3.63, 3.8) is 0 Å². The third-order valence-corrected chi connectivity index (χ3v) is 6.36. The van der Waals surface area contributed by atoms with Crippen molar-refractivity contribution in [2.75, 3.05) is 27.3 Å². The van der Waals surface area contributed by atoms with Crippen molar-refractivity contribution in [2.24, 2.45) is 0 Å². The highest BCUT2D eigenvalue weighted by Gasteiger charge is 2.21. The summed E-state index contributed by atoms with van der Waals surface area (Å²) >= 11 is 0. The Hall–Kier alpha value is -2.49. The second-order valence-electron chi connectivity index (χ2n) is 7.14. The third kappa shape index (κ3) is 5.35. The molecule has 1 fully saturated rings. The van der Waals surface area contributed by atoms with Gasteiger partial charge in [-0.2, -0.15) is 0 Å². The Balaban J connectivity index is 1.62. The Bertz CT molecular complexity index is 989. The maximum absolute atomic E-state index is 13.8. The van der Waals surface area contributed by atoms with Crippen LogP contribution in [0.3, 0.4) is 0 Å². The van der Waals surface area contributed by atoms with E-state index in [1.165, 1.54) is 48.4 Å². The minimum Gasteiger partial charge on any atom is -0.494 e. The van der Waals surface area contributed by atoms with Crippen molar-refractivity contribution >= 4 is 15.9 Å². The third-order valence-electron chi connectivity index (χ3n) is 4.92. The molecule has 1 aliphatic heterocycles. The van der Waals surface area contributed by atoms with E-state index in [2.05, 4.69) is 4.72 Å². The second-order valence-corrected chi connectivity index (χ2v) is 8.91. The van der Waals surface area contributed by atoms with Crippen molar-refractivity contribution in [1.82, 2.24) is 9.62 Å². The molecule has 7 nitrogen and oxygen atoms in total. The van der Waals surface area contributed by atoms with Crippen LogP contribution in [0.25, 0.3) is 0 Å². The fraction of sp³-hybridized carbons (Fsp3) is 0.381. The zero-order chi connectivity index (χ0) is 21.7. The van der Waals surface area contributed by atoms with E-state index in [-0.39, 0.29) is 35.7 Å². The molecule has 9 heteroatoms. The highest BCUT2D eigenvalue weighted by atomic mass is 32.2. The number of hydrogen-bond donors (Lipinski definition) is 1. The quantitative estimate of drug-likeness (QED) is 0.688. The zero-order valence-corrected chi connectivity index (χ0v) is 17.7. The van der Waals surface area contributed by atoms with Gasteiger partial charge in [0, 0.05) is 32.3 Å². The molecule has 1 N–H and O–H groups in total. The number of hydrogen-bond acceptors (Lipinski definition) is 5. The molecule has 0 radical (unpaired) electrons. The number of halogens is 1. The molecule has 1 unspecified atom stereocenters. The lowest BCUT2D eigenvalue weighted by atomic mass is 10.1. The van der Waals surface area contributed by atoms with Gasteiger partial charge in [-0.1, -0.05) is 6.07 Å². The number of amides is 1. The van der Waals surface area contributed by atoms with Crippen LogP contribution >= 0.6 is 0 Å². The number of carbonyl (C=O) groups is 1. The van der Waals surface area contributed by atoms with E-state index in [1.807, 2.05) is 0 Å². The van der Waals surface area contributed by atoms with E-state index < -0.39 is 15.8 Å². The number of rotatable bonds is 8. The van der Waals surface area contributed by atoms with E-state index in [0.717, 1.165) is 12.8 Å². The number of ether oxygens (including phenoxy) is 2. The number of methoxy groups -OCH3 is 1. The average molecular weight is 437 g/mol. The standard InChI is InChI=1S/C21H25FN2O5S/c1-24(14-15-5-10-20(28-2)19(22)12-15)21(25)16-6-8-18(9-7-16)30(26,27)23-13-17-4-3-11-29-17/h5-10,12,17,23H,3-4,11,13-14H2,1-2H3. The van der Waals surface area contributed by atoms with Gasteiger partial charge in [-0.25, -0.2) is 17.5 Å². The van der Waals surface area contributed by atoms with E-state index in [1.54, 1.807) is 13.1 Å². The summed E-state index contributed by atoms with van der Waals surface area (Å²) in [6.07, 6.45) is 1.66. The van der Waals surface area contributed by atoms with Gasteiger partial charge in [-0.3, -0.25) is 4.79 Å². The van der Waals surface area contributed by atoms with Crippen LogP contribution in [-0.4, -0.2) is 52.6 Å². The van der Waals surface area contributed by atoms with Crippen molar-refractivity contribution in [2.45, 2.75) is 30.4 Å². The van der Waals surface area contributed by atoms with Gasteiger partial charge < -0.3 is 14.4 Å². The topological polar surface area (TPSA) is 84.9 Å². The molecular formula is C21H25FN2O5S. The fourth-order valence-corrected chi connectivity index (χ4v) is 4.31. The molecule has 30 heavy (non-hydrogen) atoms. The van der Waals surface area contributed by atoms with E-state index in [0.29, 0.717) is 17.7 Å². The lowest BCUT2D eigenvalue weighted by Crippen LogP contribution is -2.32. The normalized spacial score (nSPS) is 16.4. The molecule has 3 rings (SSSR count). The van der Waals surface area contributed by atoms with Crippen molar-refractivity contribution in [3.05, 3.63) is 59.4 Å². The molecule has 1 amide bonds.